The van der Waals surface area contributed by atoms with E-state index >= 15 is 0 Å². The van der Waals surface area contributed by atoms with E-state index in [1.54, 1.807) is 0 Å². The summed E-state index contributed by atoms with van der Waals surface area (Å²) in [4.78, 5) is 0. The van der Waals surface area contributed by atoms with E-state index in [-0.39, 0.29) is 0 Å². The topological polar surface area (TPSA) is 38.0 Å². The van der Waals surface area contributed by atoms with Gasteiger partial charge in [-0.2, -0.15) is 0 Å². The van der Waals surface area contributed by atoms with Crippen molar-refractivity contribution < 1.29 is 0 Å². The van der Waals surface area contributed by atoms with Crippen molar-refractivity contribution in [3.05, 3.63) is 47.5 Å². The minimum atomic E-state index is 0.332. The molecule has 0 aliphatic heterocycles. The van der Waals surface area contributed by atoms with Gasteiger partial charge in [-0.15, -0.1) is 6.58 Å². The zero-order valence-corrected chi connectivity index (χ0v) is 10.3. The van der Waals surface area contributed by atoms with Crippen molar-refractivity contribution in [3.8, 4) is 0 Å². The first-order chi connectivity index (χ1) is 7.67. The molecule has 0 bridgehead atoms. The molecule has 1 atom stereocenters. The maximum absolute atomic E-state index is 5.57. The number of hydrazine groups is 1. The summed E-state index contributed by atoms with van der Waals surface area (Å²) in [6, 6.07) is 6.89. The van der Waals surface area contributed by atoms with Gasteiger partial charge in [-0.1, -0.05) is 29.8 Å². The lowest BCUT2D eigenvalue weighted by Crippen LogP contribution is -2.36. The van der Waals surface area contributed by atoms with Gasteiger partial charge in [-0.25, -0.2) is 0 Å². The van der Waals surface area contributed by atoms with Gasteiger partial charge < -0.3 is 0 Å². The summed E-state index contributed by atoms with van der Waals surface area (Å²) in [5.41, 5.74) is 6.91. The number of hydrogen-bond donors (Lipinski definition) is 2. The van der Waals surface area contributed by atoms with Gasteiger partial charge in [-0.05, 0) is 44.2 Å². The van der Waals surface area contributed by atoms with Crippen LogP contribution in [0.2, 0.25) is 0 Å². The Kier molecular flexibility index (Phi) is 5.23. The first-order valence-corrected chi connectivity index (χ1v) is 5.80. The smallest absolute Gasteiger partial charge is 0.0253 e. The van der Waals surface area contributed by atoms with E-state index in [0.29, 0.717) is 6.04 Å². The van der Waals surface area contributed by atoms with E-state index in [1.165, 1.54) is 16.7 Å². The fraction of sp³-hybridized carbons (Fsp3) is 0.429. The number of aryl methyl sites for hydroxylation is 2. The van der Waals surface area contributed by atoms with Gasteiger partial charge in [0.1, 0.15) is 0 Å². The Hall–Kier alpha value is -1.12. The zero-order chi connectivity index (χ0) is 12.0. The first-order valence-electron chi connectivity index (χ1n) is 5.80. The van der Waals surface area contributed by atoms with Crippen molar-refractivity contribution in [2.75, 3.05) is 0 Å². The average Bonchev–Trinajstić information content (AvgIpc) is 2.28. The summed E-state index contributed by atoms with van der Waals surface area (Å²) in [6.45, 7) is 8.01. The summed E-state index contributed by atoms with van der Waals surface area (Å²) in [6.07, 6.45) is 4.96. The van der Waals surface area contributed by atoms with Crippen LogP contribution in [0.15, 0.2) is 30.9 Å². The third-order valence-electron chi connectivity index (χ3n) is 2.93. The average molecular weight is 218 g/mol. The summed E-state index contributed by atoms with van der Waals surface area (Å²) in [5.74, 6) is 5.57. The molecule has 1 aromatic carbocycles. The van der Waals surface area contributed by atoms with Crippen molar-refractivity contribution >= 4 is 0 Å². The molecule has 0 amide bonds. The Bertz CT molecular complexity index is 345. The van der Waals surface area contributed by atoms with E-state index in [1.807, 2.05) is 6.08 Å². The molecule has 0 heterocycles. The lowest BCUT2D eigenvalue weighted by Gasteiger charge is -2.16. The van der Waals surface area contributed by atoms with Crippen LogP contribution in [0.3, 0.4) is 0 Å². The Morgan fingerprint density at radius 1 is 1.44 bits per heavy atom. The second-order valence-corrected chi connectivity index (χ2v) is 4.36. The number of rotatable bonds is 6. The normalized spacial score (nSPS) is 12.4. The maximum Gasteiger partial charge on any atom is 0.0253 e. The minimum absolute atomic E-state index is 0.332. The third-order valence-corrected chi connectivity index (χ3v) is 2.93. The van der Waals surface area contributed by atoms with Crippen molar-refractivity contribution in [1.82, 2.24) is 5.43 Å². The van der Waals surface area contributed by atoms with Gasteiger partial charge in [0, 0.05) is 6.04 Å². The maximum atomic E-state index is 5.57. The Balaban J connectivity index is 2.69. The van der Waals surface area contributed by atoms with Crippen LogP contribution < -0.4 is 11.3 Å². The number of hydrogen-bond acceptors (Lipinski definition) is 2. The molecule has 88 valence electrons. The monoisotopic (exact) mass is 218 g/mol. The number of benzene rings is 1. The molecule has 0 radical (unpaired) electrons. The highest BCUT2D eigenvalue weighted by Crippen LogP contribution is 2.14. The van der Waals surface area contributed by atoms with Gasteiger partial charge in [0.05, 0.1) is 0 Å². The van der Waals surface area contributed by atoms with Crippen LogP contribution in [-0.2, 0) is 6.42 Å². The minimum Gasteiger partial charge on any atom is -0.271 e. The highest BCUT2D eigenvalue weighted by Gasteiger charge is 2.08. The molecule has 16 heavy (non-hydrogen) atoms. The van der Waals surface area contributed by atoms with Crippen LogP contribution in [0.4, 0.5) is 0 Å². The molecule has 0 aliphatic carbocycles. The fourth-order valence-electron chi connectivity index (χ4n) is 1.85. The third kappa shape index (κ3) is 3.80. The van der Waals surface area contributed by atoms with Gasteiger partial charge in [-0.3, -0.25) is 11.3 Å². The Morgan fingerprint density at radius 2 is 2.19 bits per heavy atom. The van der Waals surface area contributed by atoms with Crippen LogP contribution in [0, 0.1) is 13.8 Å². The van der Waals surface area contributed by atoms with Crippen molar-refractivity contribution in [3.63, 3.8) is 0 Å². The lowest BCUT2D eigenvalue weighted by atomic mass is 9.97. The summed E-state index contributed by atoms with van der Waals surface area (Å²) >= 11 is 0. The molecule has 3 N–H and O–H groups in total. The van der Waals surface area contributed by atoms with Crippen molar-refractivity contribution in [1.29, 1.82) is 0 Å². The molecule has 2 heteroatoms. The Labute approximate surface area is 98.5 Å². The quantitative estimate of drug-likeness (QED) is 0.437. The summed E-state index contributed by atoms with van der Waals surface area (Å²) in [5, 5.41) is 0. The molecule has 2 nitrogen and oxygen atoms in total. The van der Waals surface area contributed by atoms with Crippen molar-refractivity contribution in [2.24, 2.45) is 5.84 Å². The van der Waals surface area contributed by atoms with Crippen LogP contribution in [0.1, 0.15) is 29.5 Å². The van der Waals surface area contributed by atoms with Crippen LogP contribution in [0.5, 0.6) is 0 Å². The Morgan fingerprint density at radius 3 is 2.81 bits per heavy atom. The molecule has 0 aliphatic rings. The van der Waals surface area contributed by atoms with Gasteiger partial charge >= 0.3 is 0 Å². The molecule has 0 saturated carbocycles. The van der Waals surface area contributed by atoms with E-state index in [0.717, 1.165) is 19.3 Å². The SMILES string of the molecule is C=CCCC(Cc1cc(C)ccc1C)NN. The van der Waals surface area contributed by atoms with E-state index in [2.05, 4.69) is 44.1 Å². The summed E-state index contributed by atoms with van der Waals surface area (Å²) < 4.78 is 0. The van der Waals surface area contributed by atoms with Gasteiger partial charge in [0.2, 0.25) is 0 Å². The van der Waals surface area contributed by atoms with Gasteiger partial charge in [0.25, 0.3) is 0 Å². The predicted molar refractivity (Wildman–Crippen MR) is 70.2 cm³/mol. The molecule has 1 aromatic rings. The van der Waals surface area contributed by atoms with E-state index in [4.69, 9.17) is 5.84 Å². The molecule has 1 unspecified atom stereocenters. The molecular formula is C14H22N2. The van der Waals surface area contributed by atoms with Gasteiger partial charge in [0.15, 0.2) is 0 Å². The second kappa shape index (κ2) is 6.46. The van der Waals surface area contributed by atoms with Crippen LogP contribution >= 0.6 is 0 Å². The van der Waals surface area contributed by atoms with Crippen LogP contribution in [-0.4, -0.2) is 6.04 Å². The standard InChI is InChI=1S/C14H22N2/c1-4-5-6-14(16-15)10-13-9-11(2)7-8-12(13)3/h4,7-9,14,16H,1,5-6,10,15H2,2-3H3. The highest BCUT2D eigenvalue weighted by molar-refractivity contribution is 5.31. The molecule has 0 aromatic heterocycles. The number of nitrogens with two attached hydrogens (primary N) is 1. The molecule has 0 fully saturated rings. The zero-order valence-electron chi connectivity index (χ0n) is 10.3. The highest BCUT2D eigenvalue weighted by atomic mass is 15.2. The van der Waals surface area contributed by atoms with E-state index in [9.17, 15) is 0 Å². The number of allylic oxidation sites excluding steroid dienone is 1. The van der Waals surface area contributed by atoms with Crippen molar-refractivity contribution in [2.45, 2.75) is 39.2 Å². The van der Waals surface area contributed by atoms with Crippen LogP contribution in [0.25, 0.3) is 0 Å². The first kappa shape index (κ1) is 12.9. The molecular weight excluding hydrogens is 196 g/mol. The summed E-state index contributed by atoms with van der Waals surface area (Å²) in [7, 11) is 0. The molecule has 0 saturated heterocycles. The number of nitrogens with one attached hydrogen (secondary N) is 1. The largest absolute Gasteiger partial charge is 0.271 e. The molecule has 0 spiro atoms. The lowest BCUT2D eigenvalue weighted by molar-refractivity contribution is 0.494. The fourth-order valence-corrected chi connectivity index (χ4v) is 1.85. The molecule has 1 rings (SSSR count). The second-order valence-electron chi connectivity index (χ2n) is 4.36. The van der Waals surface area contributed by atoms with E-state index < -0.39 is 0 Å². The predicted octanol–water partition coefficient (Wildman–Crippen LogP) is 2.64.